The van der Waals surface area contributed by atoms with Crippen molar-refractivity contribution in [3.63, 3.8) is 0 Å². The number of benzene rings is 2. The van der Waals surface area contributed by atoms with Crippen LogP contribution in [0.3, 0.4) is 0 Å². The predicted octanol–water partition coefficient (Wildman–Crippen LogP) is 6.67. The minimum atomic E-state index is -0.851. The summed E-state index contributed by atoms with van der Waals surface area (Å²) in [5.74, 6) is -0.616. The van der Waals surface area contributed by atoms with E-state index in [0.717, 1.165) is 17.5 Å². The van der Waals surface area contributed by atoms with Crippen LogP contribution in [0.1, 0.15) is 37.3 Å². The van der Waals surface area contributed by atoms with Crippen molar-refractivity contribution < 1.29 is 23.8 Å². The standard InChI is InChI=1S/C36H37Cl2FN6O4/c1-36(35(47)48)12-15-45(20-36)19-23-10-13-42-34(32(23)39)44-27-5-3-4-25(30(27)37)26-11-14-41-33(31(26)38)21-6-7-22(28(16-21)49-2)17-40-18-24-8-9-29(46)43-24/h3-7,10-11,13-14,16,24,40H,8-9,12,15,17-20H2,1-2H3,(H,42,44)(H,43,46)(H,47,48). The van der Waals surface area contributed by atoms with Gasteiger partial charge in [0.15, 0.2) is 11.6 Å². The molecular weight excluding hydrogens is 670 g/mol. The van der Waals surface area contributed by atoms with Crippen LogP contribution in [0.15, 0.2) is 60.9 Å². The second kappa shape index (κ2) is 14.7. The van der Waals surface area contributed by atoms with E-state index in [1.165, 1.54) is 6.20 Å². The fraction of sp³-hybridized carbons (Fsp3) is 0.333. The summed E-state index contributed by atoms with van der Waals surface area (Å²) in [5.41, 5.74) is 3.50. The Labute approximate surface area is 294 Å². The number of amides is 1. The van der Waals surface area contributed by atoms with E-state index in [0.29, 0.717) is 82.9 Å². The zero-order chi connectivity index (χ0) is 34.7. The highest BCUT2D eigenvalue weighted by atomic mass is 35.5. The van der Waals surface area contributed by atoms with Gasteiger partial charge in [-0.05, 0) is 50.6 Å². The molecule has 0 spiro atoms. The van der Waals surface area contributed by atoms with Crippen LogP contribution in [-0.4, -0.2) is 64.6 Å². The number of carboxylic acid groups (broad SMARTS) is 1. The summed E-state index contributed by atoms with van der Waals surface area (Å²) < 4.78 is 21.4. The van der Waals surface area contributed by atoms with Crippen LogP contribution < -0.4 is 20.7 Å². The smallest absolute Gasteiger partial charge is 0.310 e. The van der Waals surface area contributed by atoms with Crippen LogP contribution in [0.4, 0.5) is 15.9 Å². The van der Waals surface area contributed by atoms with E-state index in [-0.39, 0.29) is 24.3 Å². The second-order valence-electron chi connectivity index (χ2n) is 12.7. The van der Waals surface area contributed by atoms with E-state index >= 15 is 4.39 Å². The lowest BCUT2D eigenvalue weighted by Crippen LogP contribution is -2.35. The number of anilines is 2. The third-order valence-electron chi connectivity index (χ3n) is 9.21. The average molecular weight is 708 g/mol. The third kappa shape index (κ3) is 7.50. The Morgan fingerprint density at radius 1 is 1.12 bits per heavy atom. The van der Waals surface area contributed by atoms with Gasteiger partial charge in [-0.3, -0.25) is 19.5 Å². The molecule has 0 radical (unpaired) electrons. The number of aliphatic carboxylic acids is 1. The maximum absolute atomic E-state index is 15.7. The third-order valence-corrected chi connectivity index (χ3v) is 10.0. The molecule has 2 atom stereocenters. The maximum atomic E-state index is 15.7. The molecule has 2 unspecified atom stereocenters. The fourth-order valence-electron chi connectivity index (χ4n) is 6.37. The highest BCUT2D eigenvalue weighted by molar-refractivity contribution is 6.39. The van der Waals surface area contributed by atoms with Crippen molar-refractivity contribution in [3.05, 3.63) is 87.9 Å². The van der Waals surface area contributed by atoms with Crippen LogP contribution in [0.2, 0.25) is 10.0 Å². The van der Waals surface area contributed by atoms with Crippen LogP contribution >= 0.6 is 23.2 Å². The van der Waals surface area contributed by atoms with Crippen molar-refractivity contribution in [2.24, 2.45) is 5.41 Å². The largest absolute Gasteiger partial charge is 0.496 e. The Morgan fingerprint density at radius 2 is 1.92 bits per heavy atom. The number of carboxylic acids is 1. The Hall–Kier alpha value is -4.29. The number of rotatable bonds is 12. The first-order valence-electron chi connectivity index (χ1n) is 16.0. The van der Waals surface area contributed by atoms with Crippen molar-refractivity contribution in [1.29, 1.82) is 0 Å². The molecule has 0 saturated carbocycles. The molecular formula is C36H37Cl2FN6O4. The van der Waals surface area contributed by atoms with Gasteiger partial charge in [-0.15, -0.1) is 0 Å². The highest BCUT2D eigenvalue weighted by Crippen LogP contribution is 2.42. The zero-order valence-electron chi connectivity index (χ0n) is 27.2. The molecule has 2 saturated heterocycles. The summed E-state index contributed by atoms with van der Waals surface area (Å²) in [6.07, 6.45) is 5.05. The summed E-state index contributed by atoms with van der Waals surface area (Å²) in [5, 5.41) is 19.7. The summed E-state index contributed by atoms with van der Waals surface area (Å²) in [6.45, 7) is 4.11. The number of halogens is 3. The highest BCUT2D eigenvalue weighted by Gasteiger charge is 2.40. The van der Waals surface area contributed by atoms with E-state index in [2.05, 4.69) is 25.9 Å². The van der Waals surface area contributed by atoms with Gasteiger partial charge in [0, 0.05) is 78.9 Å². The van der Waals surface area contributed by atoms with Gasteiger partial charge in [0.2, 0.25) is 5.91 Å². The van der Waals surface area contributed by atoms with Gasteiger partial charge >= 0.3 is 5.97 Å². The van der Waals surface area contributed by atoms with Crippen molar-refractivity contribution >= 4 is 46.6 Å². The number of aromatic nitrogens is 2. The quantitative estimate of drug-likeness (QED) is 0.128. The van der Waals surface area contributed by atoms with E-state index < -0.39 is 17.2 Å². The van der Waals surface area contributed by atoms with E-state index in [1.807, 2.05) is 29.2 Å². The van der Waals surface area contributed by atoms with Crippen molar-refractivity contribution in [1.82, 2.24) is 25.5 Å². The molecule has 2 aliphatic heterocycles. The van der Waals surface area contributed by atoms with E-state index in [1.54, 1.807) is 44.5 Å². The normalized spacial score (nSPS) is 19.2. The second-order valence-corrected chi connectivity index (χ2v) is 13.5. The Balaban J connectivity index is 1.20. The molecule has 6 rings (SSSR count). The lowest BCUT2D eigenvalue weighted by atomic mass is 9.90. The van der Waals surface area contributed by atoms with Gasteiger partial charge in [0.1, 0.15) is 5.75 Å². The lowest BCUT2D eigenvalue weighted by Gasteiger charge is -2.20. The number of nitrogens with one attached hydrogen (secondary N) is 3. The topological polar surface area (TPSA) is 129 Å². The minimum absolute atomic E-state index is 0.00734. The maximum Gasteiger partial charge on any atom is 0.310 e. The first kappa shape index (κ1) is 34.6. The van der Waals surface area contributed by atoms with E-state index in [9.17, 15) is 14.7 Å². The monoisotopic (exact) mass is 706 g/mol. The lowest BCUT2D eigenvalue weighted by molar-refractivity contribution is -0.147. The first-order valence-corrected chi connectivity index (χ1v) is 16.8. The van der Waals surface area contributed by atoms with Gasteiger partial charge in [0.05, 0.1) is 34.0 Å². The zero-order valence-corrected chi connectivity index (χ0v) is 28.7. The van der Waals surface area contributed by atoms with Crippen molar-refractivity contribution in [2.45, 2.75) is 45.3 Å². The van der Waals surface area contributed by atoms with Crippen LogP contribution in [0.5, 0.6) is 5.75 Å². The molecule has 2 aromatic heterocycles. The molecule has 2 aromatic carbocycles. The molecule has 256 valence electrons. The average Bonchev–Trinajstić information content (AvgIpc) is 3.69. The number of methoxy groups -OCH3 is 1. The van der Waals surface area contributed by atoms with Crippen molar-refractivity contribution in [2.75, 3.05) is 32.1 Å². The molecule has 0 aliphatic carbocycles. The Bertz CT molecular complexity index is 1890. The minimum Gasteiger partial charge on any atom is -0.496 e. The van der Waals surface area contributed by atoms with Gasteiger partial charge in [0.25, 0.3) is 0 Å². The predicted molar refractivity (Wildman–Crippen MR) is 188 cm³/mol. The van der Waals surface area contributed by atoms with Gasteiger partial charge in [-0.25, -0.2) is 9.37 Å². The van der Waals surface area contributed by atoms with Gasteiger partial charge < -0.3 is 25.8 Å². The Kier molecular flexibility index (Phi) is 10.4. The molecule has 2 aliphatic rings. The van der Waals surface area contributed by atoms with Crippen LogP contribution in [0.25, 0.3) is 22.4 Å². The van der Waals surface area contributed by atoms with Crippen molar-refractivity contribution in [3.8, 4) is 28.1 Å². The number of nitrogens with zero attached hydrogens (tertiary/aromatic N) is 3. The van der Waals surface area contributed by atoms with E-state index in [4.69, 9.17) is 27.9 Å². The summed E-state index contributed by atoms with van der Waals surface area (Å²) >= 11 is 13.9. The summed E-state index contributed by atoms with van der Waals surface area (Å²) in [6, 6.07) is 14.6. The molecule has 0 bridgehead atoms. The molecule has 49 heavy (non-hydrogen) atoms. The summed E-state index contributed by atoms with van der Waals surface area (Å²) in [7, 11) is 1.61. The molecule has 4 N–H and O–H groups in total. The number of hydrogen-bond acceptors (Lipinski definition) is 8. The number of carbonyl (C=O) groups excluding carboxylic acids is 1. The molecule has 10 nitrogen and oxygen atoms in total. The van der Waals surface area contributed by atoms with Crippen LogP contribution in [-0.2, 0) is 22.7 Å². The molecule has 13 heteroatoms. The van der Waals surface area contributed by atoms with Crippen LogP contribution in [0, 0.1) is 11.2 Å². The van der Waals surface area contributed by atoms with Gasteiger partial charge in [-0.2, -0.15) is 0 Å². The first-order chi connectivity index (χ1) is 23.6. The molecule has 4 aromatic rings. The SMILES string of the molecule is COc1cc(-c2nccc(-c3cccc(Nc4nccc(CN5CCC(C)(C(=O)O)C5)c4F)c3Cl)c2Cl)ccc1CNCC1CCC(=O)N1. The molecule has 4 heterocycles. The number of pyridine rings is 2. The number of carbonyl (C=O) groups is 2. The Morgan fingerprint density at radius 3 is 2.65 bits per heavy atom. The number of ether oxygens (including phenoxy) is 1. The fourth-order valence-corrected chi connectivity index (χ4v) is 6.96. The molecule has 2 fully saturated rings. The number of hydrogen-bond donors (Lipinski definition) is 4. The number of likely N-dealkylation sites (tertiary alicyclic amines) is 1. The summed E-state index contributed by atoms with van der Waals surface area (Å²) in [4.78, 5) is 33.9. The van der Waals surface area contributed by atoms with Gasteiger partial charge in [-0.1, -0.05) is 47.5 Å². The molecule has 1 amide bonds.